The number of pyridine rings is 1. The maximum Gasteiger partial charge on any atom is 0.263 e. The van der Waals surface area contributed by atoms with Crippen molar-refractivity contribution in [3.63, 3.8) is 0 Å². The fraction of sp³-hybridized carbons (Fsp3) is 0.385. The summed E-state index contributed by atoms with van der Waals surface area (Å²) in [5, 5.41) is 3.60. The summed E-state index contributed by atoms with van der Waals surface area (Å²) < 4.78 is 12.0. The van der Waals surface area contributed by atoms with E-state index in [1.54, 1.807) is 6.26 Å². The molecule has 7 heteroatoms. The number of nitrogens with two attached hydrogens (primary N) is 1. The number of hydrogen-bond acceptors (Lipinski definition) is 5. The molecule has 1 amide bonds. The first kappa shape index (κ1) is 14.9. The molecule has 3 N–H and O–H groups in total. The highest BCUT2D eigenvalue weighted by atomic mass is 32.2. The summed E-state index contributed by atoms with van der Waals surface area (Å²) in [6.07, 6.45) is 1.61. The number of carbonyl (C=O) groups excluding carboxylic acids is 1. The van der Waals surface area contributed by atoms with E-state index in [1.165, 1.54) is 11.3 Å². The van der Waals surface area contributed by atoms with Crippen LogP contribution in [-0.4, -0.2) is 33.7 Å². The normalized spacial score (nSPS) is 12.6. The average molecular weight is 311 g/mol. The van der Waals surface area contributed by atoms with Gasteiger partial charge in [-0.1, -0.05) is 0 Å². The molecular formula is C13H17N3O2S2. The number of carbonyl (C=O) groups is 1. The zero-order valence-electron chi connectivity index (χ0n) is 11.6. The van der Waals surface area contributed by atoms with Gasteiger partial charge >= 0.3 is 0 Å². The monoisotopic (exact) mass is 311 g/mol. The molecule has 0 aliphatic heterocycles. The summed E-state index contributed by atoms with van der Waals surface area (Å²) in [5.74, 6) is 0.224. The van der Waals surface area contributed by atoms with Crippen molar-refractivity contribution in [2.75, 3.05) is 24.3 Å². The predicted octanol–water partition coefficient (Wildman–Crippen LogP) is 1.60. The number of amides is 1. The first-order chi connectivity index (χ1) is 9.40. The second-order valence-electron chi connectivity index (χ2n) is 4.60. The topological polar surface area (TPSA) is 85.1 Å². The molecule has 20 heavy (non-hydrogen) atoms. The standard InChI is InChI=1S/C13H17N3O2S2/c1-7-6-9-10(8(2)16-7)11(14)12(19-9)13(17)15-4-5-20(3)18/h6H,4-5,14H2,1-3H3,(H,15,17). The minimum absolute atomic E-state index is 0.216. The fourth-order valence-corrected chi connectivity index (χ4v) is 3.61. The number of nitrogens with zero attached hydrogens (tertiary/aromatic N) is 1. The van der Waals surface area contributed by atoms with Crippen LogP contribution in [0, 0.1) is 13.8 Å². The molecule has 0 saturated heterocycles. The Balaban J connectivity index is 2.31. The Morgan fingerprint density at radius 1 is 1.50 bits per heavy atom. The Morgan fingerprint density at radius 3 is 2.85 bits per heavy atom. The Hall–Kier alpha value is -1.47. The minimum Gasteiger partial charge on any atom is -0.397 e. The number of aryl methyl sites for hydroxylation is 2. The van der Waals surface area contributed by atoms with Crippen LogP contribution in [0.4, 0.5) is 5.69 Å². The van der Waals surface area contributed by atoms with E-state index in [-0.39, 0.29) is 5.91 Å². The van der Waals surface area contributed by atoms with E-state index in [1.807, 2.05) is 19.9 Å². The van der Waals surface area contributed by atoms with E-state index in [0.717, 1.165) is 21.5 Å². The van der Waals surface area contributed by atoms with Gasteiger partial charge in [0.2, 0.25) is 0 Å². The molecule has 108 valence electrons. The summed E-state index contributed by atoms with van der Waals surface area (Å²) in [6.45, 7) is 4.19. The maximum atomic E-state index is 12.1. The molecule has 0 spiro atoms. The zero-order valence-corrected chi connectivity index (χ0v) is 13.3. The Kier molecular flexibility index (Phi) is 4.39. The van der Waals surface area contributed by atoms with E-state index in [4.69, 9.17) is 5.73 Å². The Bertz CT molecular complexity index is 694. The highest BCUT2D eigenvalue weighted by molar-refractivity contribution is 7.84. The van der Waals surface area contributed by atoms with Crippen LogP contribution < -0.4 is 11.1 Å². The third-order valence-corrected chi connectivity index (χ3v) is 4.83. The number of rotatable bonds is 4. The molecule has 0 saturated carbocycles. The van der Waals surface area contributed by atoms with Gasteiger partial charge in [0.1, 0.15) is 4.88 Å². The van der Waals surface area contributed by atoms with Crippen LogP contribution in [0.15, 0.2) is 6.07 Å². The minimum atomic E-state index is -0.918. The molecule has 1 unspecified atom stereocenters. The number of anilines is 1. The number of hydrogen-bond donors (Lipinski definition) is 2. The second kappa shape index (κ2) is 5.88. The molecular weight excluding hydrogens is 294 g/mol. The number of aromatic nitrogens is 1. The van der Waals surface area contributed by atoms with Crippen molar-refractivity contribution in [1.29, 1.82) is 0 Å². The van der Waals surface area contributed by atoms with E-state index in [2.05, 4.69) is 10.3 Å². The number of thiophene rings is 1. The third kappa shape index (κ3) is 2.99. The van der Waals surface area contributed by atoms with Gasteiger partial charge in [0, 0.05) is 50.8 Å². The zero-order chi connectivity index (χ0) is 14.9. The molecule has 0 fully saturated rings. The molecule has 0 aliphatic rings. The Morgan fingerprint density at radius 2 is 2.20 bits per heavy atom. The molecule has 0 aromatic carbocycles. The highest BCUT2D eigenvalue weighted by Gasteiger charge is 2.18. The highest BCUT2D eigenvalue weighted by Crippen LogP contribution is 2.35. The first-order valence-electron chi connectivity index (χ1n) is 6.14. The van der Waals surface area contributed by atoms with Gasteiger partial charge < -0.3 is 11.1 Å². The van der Waals surface area contributed by atoms with Gasteiger partial charge in [0.25, 0.3) is 5.91 Å². The van der Waals surface area contributed by atoms with Gasteiger partial charge in [0.05, 0.1) is 5.69 Å². The lowest BCUT2D eigenvalue weighted by molar-refractivity contribution is 0.0961. The molecule has 2 aromatic rings. The van der Waals surface area contributed by atoms with Crippen LogP contribution in [0.1, 0.15) is 21.1 Å². The molecule has 0 aliphatic carbocycles. The summed E-state index contributed by atoms with van der Waals surface area (Å²) in [5.41, 5.74) is 8.29. The van der Waals surface area contributed by atoms with Gasteiger partial charge in [-0.2, -0.15) is 0 Å². The van der Waals surface area contributed by atoms with E-state index < -0.39 is 10.8 Å². The molecule has 2 aromatic heterocycles. The maximum absolute atomic E-state index is 12.1. The largest absolute Gasteiger partial charge is 0.397 e. The average Bonchev–Trinajstić information content (AvgIpc) is 2.65. The van der Waals surface area contributed by atoms with Gasteiger partial charge in [-0.05, 0) is 19.9 Å². The van der Waals surface area contributed by atoms with Crippen molar-refractivity contribution in [2.45, 2.75) is 13.8 Å². The van der Waals surface area contributed by atoms with Crippen LogP contribution in [-0.2, 0) is 10.8 Å². The molecule has 0 bridgehead atoms. The molecule has 2 heterocycles. The van der Waals surface area contributed by atoms with Crippen molar-refractivity contribution in [3.05, 3.63) is 22.3 Å². The lowest BCUT2D eigenvalue weighted by Crippen LogP contribution is -2.27. The molecule has 5 nitrogen and oxygen atoms in total. The Labute approximate surface area is 124 Å². The van der Waals surface area contributed by atoms with E-state index >= 15 is 0 Å². The van der Waals surface area contributed by atoms with Crippen LogP contribution in [0.3, 0.4) is 0 Å². The summed E-state index contributed by atoms with van der Waals surface area (Å²) in [6, 6.07) is 1.93. The van der Waals surface area contributed by atoms with Crippen LogP contribution in [0.5, 0.6) is 0 Å². The van der Waals surface area contributed by atoms with Gasteiger partial charge in [-0.15, -0.1) is 11.3 Å². The number of nitrogens with one attached hydrogen (secondary N) is 1. The smallest absolute Gasteiger partial charge is 0.263 e. The number of nitrogen functional groups attached to an aromatic ring is 1. The number of fused-ring (bicyclic) bond motifs is 1. The van der Waals surface area contributed by atoms with Crippen LogP contribution >= 0.6 is 11.3 Å². The lowest BCUT2D eigenvalue weighted by Gasteiger charge is -2.03. The SMILES string of the molecule is Cc1cc2sc(C(=O)NCCS(C)=O)c(N)c2c(C)n1. The quantitative estimate of drug-likeness (QED) is 0.898. The van der Waals surface area contributed by atoms with Gasteiger partial charge in [-0.3, -0.25) is 14.0 Å². The second-order valence-corrected chi connectivity index (χ2v) is 7.21. The van der Waals surface area contributed by atoms with Crippen molar-refractivity contribution in [3.8, 4) is 0 Å². The van der Waals surface area contributed by atoms with Crippen LogP contribution in [0.2, 0.25) is 0 Å². The van der Waals surface area contributed by atoms with E-state index in [9.17, 15) is 9.00 Å². The lowest BCUT2D eigenvalue weighted by atomic mass is 10.2. The predicted molar refractivity (Wildman–Crippen MR) is 84.8 cm³/mol. The van der Waals surface area contributed by atoms with Crippen molar-refractivity contribution in [2.24, 2.45) is 0 Å². The van der Waals surface area contributed by atoms with Gasteiger partial charge in [0.15, 0.2) is 0 Å². The molecule has 2 rings (SSSR count). The third-order valence-electron chi connectivity index (χ3n) is 2.90. The molecule has 0 radical (unpaired) electrons. The summed E-state index contributed by atoms with van der Waals surface area (Å²) in [4.78, 5) is 17.0. The first-order valence-corrected chi connectivity index (χ1v) is 8.69. The summed E-state index contributed by atoms with van der Waals surface area (Å²) >= 11 is 1.37. The summed E-state index contributed by atoms with van der Waals surface area (Å²) in [7, 11) is -0.918. The molecule has 1 atom stereocenters. The van der Waals surface area contributed by atoms with Crippen molar-refractivity contribution >= 4 is 43.8 Å². The van der Waals surface area contributed by atoms with Crippen molar-refractivity contribution in [1.82, 2.24) is 10.3 Å². The van der Waals surface area contributed by atoms with Crippen molar-refractivity contribution < 1.29 is 9.00 Å². The fourth-order valence-electron chi connectivity index (χ4n) is 2.04. The van der Waals surface area contributed by atoms with E-state index in [0.29, 0.717) is 22.9 Å². The van der Waals surface area contributed by atoms with Crippen LogP contribution in [0.25, 0.3) is 10.1 Å². The van der Waals surface area contributed by atoms with Gasteiger partial charge in [-0.25, -0.2) is 0 Å².